The molecule has 2 aliphatic rings. The number of aromatic nitrogens is 6. The van der Waals surface area contributed by atoms with E-state index in [0.29, 0.717) is 92.0 Å². The van der Waals surface area contributed by atoms with E-state index in [-0.39, 0.29) is 29.2 Å². The molecule has 0 aliphatic carbocycles. The fourth-order valence-corrected chi connectivity index (χ4v) is 7.13. The molecule has 232 valence electrons. The lowest BCUT2D eigenvalue weighted by atomic mass is 10.2. The highest BCUT2D eigenvalue weighted by molar-refractivity contribution is 7.85. The van der Waals surface area contributed by atoms with Crippen molar-refractivity contribution in [2.24, 2.45) is 7.05 Å². The van der Waals surface area contributed by atoms with Gasteiger partial charge in [0.15, 0.2) is 28.6 Å². The molecule has 1 aromatic carbocycles. The van der Waals surface area contributed by atoms with Crippen LogP contribution in [0.2, 0.25) is 0 Å². The van der Waals surface area contributed by atoms with E-state index in [1.54, 1.807) is 23.7 Å². The van der Waals surface area contributed by atoms with Crippen LogP contribution in [0.25, 0.3) is 28.4 Å². The molecule has 13 nitrogen and oxygen atoms in total. The molecule has 16 heteroatoms. The summed E-state index contributed by atoms with van der Waals surface area (Å²) in [5.74, 6) is 0.563. The van der Waals surface area contributed by atoms with Gasteiger partial charge in [-0.3, -0.25) is 18.2 Å². The van der Waals surface area contributed by atoms with Crippen LogP contribution in [0.5, 0.6) is 5.75 Å². The number of rotatable bonds is 7. The summed E-state index contributed by atoms with van der Waals surface area (Å²) < 4.78 is 56.8. The second-order valence-corrected chi connectivity index (χ2v) is 12.7. The number of fused-ring (bicyclic) bond motifs is 3. The Hall–Kier alpha value is -4.31. The fraction of sp³-hybridized carbons (Fsp3) is 0.429. The van der Waals surface area contributed by atoms with Gasteiger partial charge in [0, 0.05) is 80.8 Å². The zero-order valence-corrected chi connectivity index (χ0v) is 24.8. The van der Waals surface area contributed by atoms with Crippen molar-refractivity contribution in [2.75, 3.05) is 54.9 Å². The average molecular weight is 628 g/mol. The lowest BCUT2D eigenvalue weighted by molar-refractivity contribution is 0.182. The van der Waals surface area contributed by atoms with Gasteiger partial charge in [0.2, 0.25) is 11.8 Å². The Labute approximate surface area is 252 Å². The Morgan fingerprint density at radius 1 is 1.07 bits per heavy atom. The van der Waals surface area contributed by atoms with Gasteiger partial charge in [0.05, 0.1) is 12.0 Å². The van der Waals surface area contributed by atoms with Gasteiger partial charge in [0.1, 0.15) is 17.4 Å². The zero-order valence-electron chi connectivity index (χ0n) is 24.0. The third-order valence-corrected chi connectivity index (χ3v) is 9.68. The molecule has 0 saturated carbocycles. The number of nitrogens with zero attached hydrogens (tertiary/aromatic N) is 8. The van der Waals surface area contributed by atoms with E-state index < -0.39 is 22.4 Å². The summed E-state index contributed by atoms with van der Waals surface area (Å²) in [6.45, 7) is 3.14. The van der Waals surface area contributed by atoms with Crippen molar-refractivity contribution >= 4 is 39.2 Å². The van der Waals surface area contributed by atoms with Crippen LogP contribution in [0, 0.1) is 11.6 Å². The van der Waals surface area contributed by atoms with Gasteiger partial charge < -0.3 is 19.8 Å². The molecule has 0 amide bonds. The highest BCUT2D eigenvalue weighted by atomic mass is 32.2. The van der Waals surface area contributed by atoms with E-state index in [1.807, 2.05) is 4.90 Å². The Morgan fingerprint density at radius 3 is 2.57 bits per heavy atom. The highest BCUT2D eigenvalue weighted by Gasteiger charge is 2.26. The molecule has 2 N–H and O–H groups in total. The van der Waals surface area contributed by atoms with Gasteiger partial charge in [-0.2, -0.15) is 9.50 Å². The van der Waals surface area contributed by atoms with Crippen molar-refractivity contribution in [2.45, 2.75) is 25.5 Å². The van der Waals surface area contributed by atoms with Crippen LogP contribution in [0.3, 0.4) is 0 Å². The average Bonchev–Trinajstić information content (AvgIpc) is 3.75. The normalized spacial score (nSPS) is 19.8. The Bertz CT molecular complexity index is 1920. The van der Waals surface area contributed by atoms with Crippen molar-refractivity contribution in [1.82, 2.24) is 33.6 Å². The maximum Gasteiger partial charge on any atom is 0.330 e. The molecule has 2 fully saturated rings. The standard InChI is InChI=1S/C28H31F2N9O4S/c1-35-23-25(33-27(31)39-26(23)32-24(34-39)21-3-2-12-42-21)38(28(35)40)11-8-36-6-9-37(10-7-36)20-16-22(19(30)15-18(20)29)43-17-4-13-44(41)14-5-17/h2-3,12,15-17H,4-11,13-14H2,1H3,(H2,31,33). The highest BCUT2D eigenvalue weighted by Crippen LogP contribution is 2.31. The smallest absolute Gasteiger partial charge is 0.330 e. The van der Waals surface area contributed by atoms with Crippen molar-refractivity contribution < 1.29 is 22.1 Å². The van der Waals surface area contributed by atoms with Crippen LogP contribution in [0.1, 0.15) is 12.8 Å². The minimum atomic E-state index is -0.858. The first-order valence-corrected chi connectivity index (χ1v) is 15.9. The number of ether oxygens (including phenoxy) is 1. The van der Waals surface area contributed by atoms with E-state index in [2.05, 4.69) is 20.0 Å². The van der Waals surface area contributed by atoms with E-state index in [9.17, 15) is 17.8 Å². The summed E-state index contributed by atoms with van der Waals surface area (Å²) in [4.78, 5) is 26.4. The molecule has 7 rings (SSSR count). The van der Waals surface area contributed by atoms with Crippen LogP contribution in [0.4, 0.5) is 20.4 Å². The maximum atomic E-state index is 14.9. The summed E-state index contributed by atoms with van der Waals surface area (Å²) >= 11 is 0. The van der Waals surface area contributed by atoms with E-state index in [4.69, 9.17) is 14.9 Å². The summed E-state index contributed by atoms with van der Waals surface area (Å²) in [5, 5.41) is 4.40. The van der Waals surface area contributed by atoms with Crippen LogP contribution in [-0.2, 0) is 24.4 Å². The van der Waals surface area contributed by atoms with Crippen molar-refractivity contribution in [3.05, 3.63) is 52.6 Å². The number of nitrogens with two attached hydrogens (primary N) is 1. The SMILES string of the molecule is Cn1c(=O)n(CCN2CCN(c3cc(OC4CCS(=O)CC4)c(F)cc3F)CC2)c2nc(N)n3nc(-c4ccco4)nc3c21. The number of anilines is 2. The van der Waals surface area contributed by atoms with Gasteiger partial charge in [0.25, 0.3) is 0 Å². The first-order valence-electron chi connectivity index (χ1n) is 14.4. The van der Waals surface area contributed by atoms with Gasteiger partial charge in [-0.1, -0.05) is 0 Å². The van der Waals surface area contributed by atoms with Crippen molar-refractivity contribution in [1.29, 1.82) is 0 Å². The van der Waals surface area contributed by atoms with Gasteiger partial charge in [-0.15, -0.1) is 5.10 Å². The second kappa shape index (κ2) is 11.3. The molecule has 2 aliphatic heterocycles. The third kappa shape index (κ3) is 5.11. The quantitative estimate of drug-likeness (QED) is 0.285. The molecule has 4 aromatic heterocycles. The predicted octanol–water partition coefficient (Wildman–Crippen LogP) is 2.01. The Morgan fingerprint density at radius 2 is 1.84 bits per heavy atom. The lowest BCUT2D eigenvalue weighted by Crippen LogP contribution is -2.47. The number of nitrogen functional groups attached to an aromatic ring is 1. The summed E-state index contributed by atoms with van der Waals surface area (Å²) in [6.07, 6.45) is 2.44. The first kappa shape index (κ1) is 28.5. The molecule has 44 heavy (non-hydrogen) atoms. The molecule has 0 bridgehead atoms. The van der Waals surface area contributed by atoms with Crippen molar-refractivity contribution in [3.8, 4) is 17.3 Å². The fourth-order valence-electron chi connectivity index (χ4n) is 5.88. The molecule has 0 spiro atoms. The van der Waals surface area contributed by atoms with Crippen LogP contribution < -0.4 is 21.1 Å². The molecule has 5 aromatic rings. The van der Waals surface area contributed by atoms with E-state index in [0.717, 1.165) is 6.07 Å². The molecular formula is C28H31F2N9O4S. The number of hydrogen-bond acceptors (Lipinski definition) is 10. The van der Waals surface area contributed by atoms with Gasteiger partial charge >= 0.3 is 5.69 Å². The number of piperazine rings is 1. The first-order chi connectivity index (χ1) is 21.3. The Kier molecular flexibility index (Phi) is 7.32. The summed E-state index contributed by atoms with van der Waals surface area (Å²) in [6, 6.07) is 5.77. The minimum Gasteiger partial charge on any atom is -0.487 e. The molecule has 0 unspecified atom stereocenters. The molecule has 6 heterocycles. The van der Waals surface area contributed by atoms with E-state index in [1.165, 1.54) is 21.4 Å². The minimum absolute atomic E-state index is 0.0154. The predicted molar refractivity (Wildman–Crippen MR) is 160 cm³/mol. The third-order valence-electron chi connectivity index (χ3n) is 8.30. The monoisotopic (exact) mass is 627 g/mol. The van der Waals surface area contributed by atoms with Crippen LogP contribution in [-0.4, -0.2) is 88.2 Å². The summed E-state index contributed by atoms with van der Waals surface area (Å²) in [5.41, 5.74) is 7.56. The summed E-state index contributed by atoms with van der Waals surface area (Å²) in [7, 11) is 0.798. The second-order valence-electron chi connectivity index (χ2n) is 11.0. The zero-order chi connectivity index (χ0) is 30.5. The number of hydrogen-bond donors (Lipinski definition) is 1. The molecular weight excluding hydrogens is 596 g/mol. The number of aryl methyl sites for hydroxylation is 1. The van der Waals surface area contributed by atoms with Gasteiger partial charge in [-0.05, 0) is 25.0 Å². The van der Waals surface area contributed by atoms with Crippen LogP contribution >= 0.6 is 0 Å². The number of imidazole rings is 1. The van der Waals surface area contributed by atoms with Gasteiger partial charge in [-0.25, -0.2) is 18.6 Å². The largest absolute Gasteiger partial charge is 0.487 e. The maximum absolute atomic E-state index is 14.9. The molecule has 2 saturated heterocycles. The van der Waals surface area contributed by atoms with E-state index >= 15 is 0 Å². The Balaban J connectivity index is 1.05. The lowest BCUT2D eigenvalue weighted by Gasteiger charge is -2.36. The topological polar surface area (TPSA) is 142 Å². The molecule has 0 radical (unpaired) electrons. The van der Waals surface area contributed by atoms with Crippen LogP contribution in [0.15, 0.2) is 39.7 Å². The number of benzene rings is 1. The number of furan rings is 1. The molecule has 0 atom stereocenters. The van der Waals surface area contributed by atoms with Crippen molar-refractivity contribution in [3.63, 3.8) is 0 Å². The number of halogens is 2.